The maximum Gasteiger partial charge on any atom is 0.256 e. The van der Waals surface area contributed by atoms with E-state index in [4.69, 9.17) is 9.15 Å². The fraction of sp³-hybridized carbons (Fsp3) is 0.304. The number of fused-ring (bicyclic) bond motifs is 1. The van der Waals surface area contributed by atoms with Crippen molar-refractivity contribution in [2.75, 3.05) is 13.2 Å². The molecule has 0 radical (unpaired) electrons. The van der Waals surface area contributed by atoms with Gasteiger partial charge in [-0.05, 0) is 62.1 Å². The summed E-state index contributed by atoms with van der Waals surface area (Å²) >= 11 is 0. The number of carbonyl (C=O) groups excluding carboxylic acids is 1. The standard InChI is InChI=1S/C23H24N2O4/c1-14-5-6-15(2)20(10-14)25-23-19(22(27)24-13-18-4-3-9-28-18)11-16-7-8-17(26)12-21(16)29-23/h5-8,10-12,18,26H,3-4,9,13H2,1-2H3,(H,24,27)/t18-/m1/s1. The fourth-order valence-corrected chi connectivity index (χ4v) is 3.41. The third-order valence-corrected chi connectivity index (χ3v) is 5.08. The molecule has 6 nitrogen and oxygen atoms in total. The van der Waals surface area contributed by atoms with Gasteiger partial charge in [0.05, 0.1) is 11.8 Å². The first-order chi connectivity index (χ1) is 14.0. The molecule has 150 valence electrons. The Labute approximate surface area is 168 Å². The molecule has 0 aliphatic carbocycles. The Balaban J connectivity index is 1.79. The zero-order valence-corrected chi connectivity index (χ0v) is 16.6. The van der Waals surface area contributed by atoms with E-state index in [1.54, 1.807) is 18.2 Å². The molecular formula is C23H24N2O4. The predicted molar refractivity (Wildman–Crippen MR) is 110 cm³/mol. The minimum atomic E-state index is -0.261. The smallest absolute Gasteiger partial charge is 0.256 e. The summed E-state index contributed by atoms with van der Waals surface area (Å²) in [7, 11) is 0. The Morgan fingerprint density at radius 1 is 1.21 bits per heavy atom. The highest BCUT2D eigenvalue weighted by Gasteiger charge is 2.18. The van der Waals surface area contributed by atoms with Crippen molar-refractivity contribution in [3.05, 3.63) is 64.7 Å². The Morgan fingerprint density at radius 2 is 2.07 bits per heavy atom. The van der Waals surface area contributed by atoms with Crippen molar-refractivity contribution < 1.29 is 19.1 Å². The zero-order valence-electron chi connectivity index (χ0n) is 16.6. The molecule has 0 spiro atoms. The third kappa shape index (κ3) is 4.32. The van der Waals surface area contributed by atoms with Gasteiger partial charge in [-0.25, -0.2) is 4.99 Å². The van der Waals surface area contributed by atoms with Crippen LogP contribution in [0.3, 0.4) is 0 Å². The highest BCUT2D eigenvalue weighted by Crippen LogP contribution is 2.22. The van der Waals surface area contributed by atoms with Crippen LogP contribution in [0, 0.1) is 13.8 Å². The summed E-state index contributed by atoms with van der Waals surface area (Å²) in [5, 5.41) is 13.4. The van der Waals surface area contributed by atoms with Gasteiger partial charge in [0.1, 0.15) is 16.9 Å². The van der Waals surface area contributed by atoms with Gasteiger partial charge >= 0.3 is 0 Å². The van der Waals surface area contributed by atoms with E-state index in [-0.39, 0.29) is 23.3 Å². The van der Waals surface area contributed by atoms with E-state index >= 15 is 0 Å². The summed E-state index contributed by atoms with van der Waals surface area (Å²) in [6.45, 7) is 5.14. The normalized spacial score (nSPS) is 17.0. The quantitative estimate of drug-likeness (QED) is 0.705. The molecule has 0 bridgehead atoms. The lowest BCUT2D eigenvalue weighted by Crippen LogP contribution is -2.34. The van der Waals surface area contributed by atoms with Crippen LogP contribution in [-0.2, 0) is 4.74 Å². The monoisotopic (exact) mass is 392 g/mol. The summed E-state index contributed by atoms with van der Waals surface area (Å²) in [5.74, 6) is -0.169. The molecule has 29 heavy (non-hydrogen) atoms. The van der Waals surface area contributed by atoms with Gasteiger partial charge < -0.3 is 19.6 Å². The molecule has 1 aliphatic heterocycles. The van der Waals surface area contributed by atoms with Crippen LogP contribution in [-0.4, -0.2) is 30.3 Å². The Hall–Kier alpha value is -3.12. The van der Waals surface area contributed by atoms with Crippen molar-refractivity contribution in [2.45, 2.75) is 32.8 Å². The van der Waals surface area contributed by atoms with Crippen LogP contribution in [0.4, 0.5) is 5.69 Å². The Morgan fingerprint density at radius 3 is 2.86 bits per heavy atom. The van der Waals surface area contributed by atoms with Crippen LogP contribution in [0.25, 0.3) is 11.0 Å². The highest BCUT2D eigenvalue weighted by molar-refractivity contribution is 5.96. The SMILES string of the molecule is Cc1ccc(C)c(N=c2oc3cc(O)ccc3cc2C(=O)NC[C@H]2CCCO2)c1. The van der Waals surface area contributed by atoms with Gasteiger partial charge in [0.15, 0.2) is 0 Å². The number of benzene rings is 2. The average Bonchev–Trinajstić information content (AvgIpc) is 3.22. The lowest BCUT2D eigenvalue weighted by molar-refractivity contribution is 0.0854. The molecule has 3 aromatic rings. The molecule has 1 aromatic heterocycles. The van der Waals surface area contributed by atoms with Gasteiger partial charge in [0.2, 0.25) is 5.55 Å². The van der Waals surface area contributed by atoms with Crippen LogP contribution in [0.1, 0.15) is 34.3 Å². The number of carbonyl (C=O) groups is 1. The number of aromatic hydroxyl groups is 1. The lowest BCUT2D eigenvalue weighted by Gasteiger charge is -2.11. The maximum atomic E-state index is 12.9. The number of phenols is 1. The first-order valence-electron chi connectivity index (χ1n) is 9.78. The minimum Gasteiger partial charge on any atom is -0.508 e. The third-order valence-electron chi connectivity index (χ3n) is 5.08. The molecule has 1 aliphatic rings. The van der Waals surface area contributed by atoms with Crippen LogP contribution in [0.2, 0.25) is 0 Å². The molecule has 2 N–H and O–H groups in total. The van der Waals surface area contributed by atoms with Gasteiger partial charge in [-0.3, -0.25) is 4.79 Å². The number of rotatable bonds is 4. The maximum absolute atomic E-state index is 12.9. The number of hydrogen-bond donors (Lipinski definition) is 2. The number of aryl methyl sites for hydroxylation is 2. The Kier molecular flexibility index (Phi) is 5.36. The summed E-state index contributed by atoms with van der Waals surface area (Å²) in [6.07, 6.45) is 2.01. The summed E-state index contributed by atoms with van der Waals surface area (Å²) in [4.78, 5) is 17.6. The minimum absolute atomic E-state index is 0.0488. The fourth-order valence-electron chi connectivity index (χ4n) is 3.41. The average molecular weight is 392 g/mol. The number of nitrogens with one attached hydrogen (secondary N) is 1. The summed E-state index contributed by atoms with van der Waals surface area (Å²) in [5.41, 5.74) is 3.81. The molecule has 1 fully saturated rings. The van der Waals surface area contributed by atoms with Crippen molar-refractivity contribution >= 4 is 22.6 Å². The van der Waals surface area contributed by atoms with Crippen molar-refractivity contribution in [3.63, 3.8) is 0 Å². The van der Waals surface area contributed by atoms with Crippen LogP contribution >= 0.6 is 0 Å². The molecule has 1 amide bonds. The summed E-state index contributed by atoms with van der Waals surface area (Å²) in [6, 6.07) is 12.5. The van der Waals surface area contributed by atoms with Gasteiger partial charge in [0, 0.05) is 24.6 Å². The largest absolute Gasteiger partial charge is 0.508 e. The zero-order chi connectivity index (χ0) is 20.4. The first-order valence-corrected chi connectivity index (χ1v) is 9.78. The molecule has 2 heterocycles. The number of phenolic OH excluding ortho intramolecular Hbond substituents is 1. The van der Waals surface area contributed by atoms with Crippen LogP contribution in [0.15, 0.2) is 51.9 Å². The second kappa shape index (κ2) is 8.09. The second-order valence-electron chi connectivity index (χ2n) is 7.43. The molecule has 1 saturated heterocycles. The van der Waals surface area contributed by atoms with Crippen LogP contribution in [0.5, 0.6) is 5.75 Å². The molecule has 0 saturated carbocycles. The van der Waals surface area contributed by atoms with E-state index in [0.717, 1.165) is 36.3 Å². The molecule has 6 heteroatoms. The second-order valence-corrected chi connectivity index (χ2v) is 7.43. The highest BCUT2D eigenvalue weighted by atomic mass is 16.5. The lowest BCUT2D eigenvalue weighted by atomic mass is 10.1. The van der Waals surface area contributed by atoms with Crippen molar-refractivity contribution in [3.8, 4) is 5.75 Å². The van der Waals surface area contributed by atoms with Crippen molar-refractivity contribution in [1.82, 2.24) is 5.32 Å². The van der Waals surface area contributed by atoms with Gasteiger partial charge in [-0.1, -0.05) is 12.1 Å². The topological polar surface area (TPSA) is 84.1 Å². The van der Waals surface area contributed by atoms with E-state index in [1.807, 2.05) is 32.0 Å². The predicted octanol–water partition coefficient (Wildman–Crippen LogP) is 3.90. The number of hydrogen-bond acceptors (Lipinski definition) is 5. The molecule has 2 aromatic carbocycles. The van der Waals surface area contributed by atoms with Crippen molar-refractivity contribution in [2.24, 2.45) is 4.99 Å². The van der Waals surface area contributed by atoms with Gasteiger partial charge in [-0.15, -0.1) is 0 Å². The molecule has 1 atom stereocenters. The number of nitrogens with zero attached hydrogens (tertiary/aromatic N) is 1. The van der Waals surface area contributed by atoms with E-state index in [9.17, 15) is 9.90 Å². The summed E-state index contributed by atoms with van der Waals surface area (Å²) < 4.78 is 11.5. The molecule has 4 rings (SSSR count). The first kappa shape index (κ1) is 19.2. The molecular weight excluding hydrogens is 368 g/mol. The van der Waals surface area contributed by atoms with Crippen molar-refractivity contribution in [1.29, 1.82) is 0 Å². The van der Waals surface area contributed by atoms with Crippen LogP contribution < -0.4 is 10.9 Å². The van der Waals surface area contributed by atoms with E-state index < -0.39 is 0 Å². The van der Waals surface area contributed by atoms with E-state index in [2.05, 4.69) is 10.3 Å². The van der Waals surface area contributed by atoms with Gasteiger partial charge in [0.25, 0.3) is 5.91 Å². The molecule has 0 unspecified atom stereocenters. The number of amides is 1. The van der Waals surface area contributed by atoms with Gasteiger partial charge in [-0.2, -0.15) is 0 Å². The van der Waals surface area contributed by atoms with E-state index in [1.165, 1.54) is 6.07 Å². The van der Waals surface area contributed by atoms with E-state index in [0.29, 0.717) is 23.1 Å². The number of ether oxygens (including phenoxy) is 1. The Bertz CT molecular complexity index is 1130.